The third kappa shape index (κ3) is 3.99. The van der Waals surface area contributed by atoms with E-state index in [-0.39, 0.29) is 23.7 Å². The van der Waals surface area contributed by atoms with Crippen LogP contribution >= 0.6 is 11.6 Å². The van der Waals surface area contributed by atoms with Crippen LogP contribution in [0.15, 0.2) is 12.1 Å². The van der Waals surface area contributed by atoms with Gasteiger partial charge >= 0.3 is 5.97 Å². The third-order valence-corrected chi connectivity index (χ3v) is 2.81. The Hall–Kier alpha value is -1.50. The molecule has 0 aliphatic heterocycles. The Morgan fingerprint density at radius 2 is 2.16 bits per heavy atom. The molecule has 1 atom stereocenters. The van der Waals surface area contributed by atoms with Gasteiger partial charge in [0.25, 0.3) is 0 Å². The lowest BCUT2D eigenvalue weighted by Gasteiger charge is -2.14. The minimum absolute atomic E-state index is 0.0873. The molecule has 0 fully saturated rings. The number of rotatable bonds is 6. The summed E-state index contributed by atoms with van der Waals surface area (Å²) in [5.74, 6) is -0.216. The molecular formula is C12H16ClNO5. The van der Waals surface area contributed by atoms with Crippen LogP contribution in [0.3, 0.4) is 0 Å². The maximum absolute atomic E-state index is 11.5. The van der Waals surface area contributed by atoms with Gasteiger partial charge in [-0.15, -0.1) is 0 Å². The molecule has 1 unspecified atom stereocenters. The van der Waals surface area contributed by atoms with E-state index in [1.54, 1.807) is 0 Å². The molecule has 0 spiro atoms. The average molecular weight is 290 g/mol. The number of aliphatic hydroxyl groups is 2. The van der Waals surface area contributed by atoms with Crippen LogP contribution in [-0.4, -0.2) is 49.7 Å². The summed E-state index contributed by atoms with van der Waals surface area (Å²) < 4.78 is 9.69. The summed E-state index contributed by atoms with van der Waals surface area (Å²) >= 11 is 6.07. The molecule has 7 heteroatoms. The molecule has 3 N–H and O–H groups in total. The fraction of sp³-hybridized carbons (Fsp3) is 0.417. The lowest BCUT2D eigenvalue weighted by atomic mass is 10.1. The molecule has 106 valence electrons. The van der Waals surface area contributed by atoms with Crippen LogP contribution in [0, 0.1) is 0 Å². The maximum Gasteiger partial charge on any atom is 0.338 e. The first-order valence-corrected chi connectivity index (χ1v) is 5.89. The minimum Gasteiger partial charge on any atom is -0.495 e. The van der Waals surface area contributed by atoms with Gasteiger partial charge < -0.3 is 25.0 Å². The van der Waals surface area contributed by atoms with Crippen LogP contribution in [0.1, 0.15) is 10.4 Å². The number of hydrogen-bond donors (Lipinski definition) is 3. The van der Waals surface area contributed by atoms with Gasteiger partial charge in [0.1, 0.15) is 10.8 Å². The number of methoxy groups -OCH3 is 2. The van der Waals surface area contributed by atoms with Crippen molar-refractivity contribution in [2.75, 3.05) is 32.7 Å². The summed E-state index contributed by atoms with van der Waals surface area (Å²) in [5.41, 5.74) is 0.679. The number of anilines is 1. The average Bonchev–Trinajstić information content (AvgIpc) is 2.44. The highest BCUT2D eigenvalue weighted by Gasteiger charge is 2.15. The van der Waals surface area contributed by atoms with E-state index in [0.29, 0.717) is 11.4 Å². The van der Waals surface area contributed by atoms with Crippen molar-refractivity contribution in [3.63, 3.8) is 0 Å². The summed E-state index contributed by atoms with van der Waals surface area (Å²) in [6, 6.07) is 2.95. The predicted octanol–water partition coefficient (Wildman–Crippen LogP) is 0.900. The third-order valence-electron chi connectivity index (χ3n) is 2.42. The van der Waals surface area contributed by atoms with Crippen LogP contribution in [0.25, 0.3) is 0 Å². The van der Waals surface area contributed by atoms with Gasteiger partial charge in [-0.05, 0) is 12.1 Å². The summed E-state index contributed by atoms with van der Waals surface area (Å²) in [4.78, 5) is 11.5. The smallest absolute Gasteiger partial charge is 0.338 e. The molecule has 0 bridgehead atoms. The summed E-state index contributed by atoms with van der Waals surface area (Å²) in [6.07, 6.45) is -0.927. The van der Waals surface area contributed by atoms with Crippen LogP contribution in [0.5, 0.6) is 5.75 Å². The van der Waals surface area contributed by atoms with Gasteiger partial charge in [0.2, 0.25) is 0 Å². The van der Waals surface area contributed by atoms with Crippen molar-refractivity contribution in [2.24, 2.45) is 0 Å². The first kappa shape index (κ1) is 15.6. The predicted molar refractivity (Wildman–Crippen MR) is 70.9 cm³/mol. The Bertz CT molecular complexity index is 452. The lowest BCUT2D eigenvalue weighted by molar-refractivity contribution is 0.0600. The van der Waals surface area contributed by atoms with Gasteiger partial charge in [-0.25, -0.2) is 4.79 Å². The highest BCUT2D eigenvalue weighted by atomic mass is 35.5. The lowest BCUT2D eigenvalue weighted by Crippen LogP contribution is -2.23. The normalized spacial score (nSPS) is 11.8. The molecule has 0 saturated carbocycles. The second-order valence-corrected chi connectivity index (χ2v) is 4.13. The van der Waals surface area contributed by atoms with Gasteiger partial charge in [-0.1, -0.05) is 11.6 Å². The van der Waals surface area contributed by atoms with Crippen LogP contribution in [0.4, 0.5) is 5.69 Å². The molecule has 0 aromatic heterocycles. The molecule has 1 aromatic rings. The molecule has 19 heavy (non-hydrogen) atoms. The monoisotopic (exact) mass is 289 g/mol. The van der Waals surface area contributed by atoms with E-state index in [9.17, 15) is 9.90 Å². The van der Waals surface area contributed by atoms with E-state index in [4.69, 9.17) is 21.4 Å². The highest BCUT2D eigenvalue weighted by molar-refractivity contribution is 6.34. The second-order valence-electron chi connectivity index (χ2n) is 3.75. The highest BCUT2D eigenvalue weighted by Crippen LogP contribution is 2.33. The molecule has 1 rings (SSSR count). The molecule has 1 aromatic carbocycles. The van der Waals surface area contributed by atoms with Gasteiger partial charge in [0, 0.05) is 6.54 Å². The van der Waals surface area contributed by atoms with Crippen molar-refractivity contribution in [2.45, 2.75) is 6.10 Å². The molecule has 0 heterocycles. The number of ether oxygens (including phenoxy) is 2. The van der Waals surface area contributed by atoms with Crippen molar-refractivity contribution < 1.29 is 24.5 Å². The number of aliphatic hydroxyl groups excluding tert-OH is 2. The quantitative estimate of drug-likeness (QED) is 0.675. The number of halogens is 1. The van der Waals surface area contributed by atoms with Gasteiger partial charge in [-0.2, -0.15) is 0 Å². The zero-order valence-electron chi connectivity index (χ0n) is 10.6. The fourth-order valence-electron chi connectivity index (χ4n) is 1.40. The number of hydrogen-bond acceptors (Lipinski definition) is 6. The molecule has 6 nitrogen and oxygen atoms in total. The summed E-state index contributed by atoms with van der Waals surface area (Å²) in [6.45, 7) is -0.289. The number of esters is 1. The Morgan fingerprint density at radius 3 is 2.68 bits per heavy atom. The van der Waals surface area contributed by atoms with E-state index in [2.05, 4.69) is 10.1 Å². The topological polar surface area (TPSA) is 88.0 Å². The van der Waals surface area contributed by atoms with Crippen LogP contribution in [0.2, 0.25) is 5.02 Å². The van der Waals surface area contributed by atoms with Crippen LogP contribution < -0.4 is 10.1 Å². The largest absolute Gasteiger partial charge is 0.495 e. The molecule has 0 radical (unpaired) electrons. The summed E-state index contributed by atoms with van der Waals surface area (Å²) in [5, 5.41) is 21.1. The van der Waals surface area contributed by atoms with Crippen molar-refractivity contribution in [1.29, 1.82) is 0 Å². The molecule has 0 amide bonds. The molecular weight excluding hydrogens is 274 g/mol. The maximum atomic E-state index is 11.5. The van der Waals surface area contributed by atoms with Crippen molar-refractivity contribution in [3.05, 3.63) is 22.7 Å². The Balaban J connectivity index is 3.04. The standard InChI is InChI=1S/C12H16ClNO5/c1-18-10-4-7(12(17)19-2)3-9(11(10)13)14-5-8(16)6-15/h3-4,8,14-16H,5-6H2,1-2H3. The van der Waals surface area contributed by atoms with E-state index >= 15 is 0 Å². The first-order chi connectivity index (χ1) is 9.03. The van der Waals surface area contributed by atoms with Gasteiger partial charge in [0.15, 0.2) is 0 Å². The fourth-order valence-corrected chi connectivity index (χ4v) is 1.66. The van der Waals surface area contributed by atoms with Crippen molar-refractivity contribution >= 4 is 23.3 Å². The summed E-state index contributed by atoms with van der Waals surface area (Å²) in [7, 11) is 2.70. The number of carbonyl (C=O) groups excluding carboxylic acids is 1. The van der Waals surface area contributed by atoms with Gasteiger partial charge in [-0.3, -0.25) is 0 Å². The van der Waals surface area contributed by atoms with E-state index < -0.39 is 12.1 Å². The van der Waals surface area contributed by atoms with Crippen molar-refractivity contribution in [1.82, 2.24) is 0 Å². The Labute approximate surface area is 115 Å². The zero-order chi connectivity index (χ0) is 14.4. The zero-order valence-corrected chi connectivity index (χ0v) is 11.4. The van der Waals surface area contributed by atoms with Gasteiger partial charge in [0.05, 0.1) is 38.2 Å². The number of nitrogens with one attached hydrogen (secondary N) is 1. The molecule has 0 aliphatic carbocycles. The number of carbonyl (C=O) groups is 1. The van der Waals surface area contributed by atoms with Crippen LogP contribution in [-0.2, 0) is 4.74 Å². The minimum atomic E-state index is -0.927. The first-order valence-electron chi connectivity index (χ1n) is 5.52. The van der Waals surface area contributed by atoms with E-state index in [0.717, 1.165) is 0 Å². The Morgan fingerprint density at radius 1 is 1.47 bits per heavy atom. The SMILES string of the molecule is COC(=O)c1cc(NCC(O)CO)c(Cl)c(OC)c1. The number of benzene rings is 1. The molecule has 0 aliphatic rings. The van der Waals surface area contributed by atoms with Crippen molar-refractivity contribution in [3.8, 4) is 5.75 Å². The van der Waals surface area contributed by atoms with E-state index in [1.165, 1.54) is 26.4 Å². The second kappa shape index (κ2) is 7.18. The van der Waals surface area contributed by atoms with E-state index in [1.807, 2.05) is 0 Å². The molecule has 0 saturated heterocycles. The Kier molecular flexibility index (Phi) is 5.88.